The molecule has 1 aromatic heterocycles. The van der Waals surface area contributed by atoms with E-state index in [0.717, 1.165) is 11.3 Å². The zero-order valence-corrected chi connectivity index (χ0v) is 15.4. The Kier molecular flexibility index (Phi) is 5.37. The highest BCUT2D eigenvalue weighted by Gasteiger charge is 2.30. The number of aliphatic hydroxyl groups excluding tert-OH is 1. The fourth-order valence-corrected chi connectivity index (χ4v) is 3.31. The summed E-state index contributed by atoms with van der Waals surface area (Å²) >= 11 is 0. The molecular formula is C21H23N3O3. The molecule has 2 N–H and O–H groups in total. The minimum atomic E-state index is -0.393. The molecule has 140 valence electrons. The maximum absolute atomic E-state index is 11.3. The molecule has 3 aromatic rings. The van der Waals surface area contributed by atoms with E-state index < -0.39 is 4.92 Å². The number of anilines is 1. The van der Waals surface area contributed by atoms with Crippen molar-refractivity contribution in [2.24, 2.45) is 5.41 Å². The Bertz CT molecular complexity index is 942. The third-order valence-corrected chi connectivity index (χ3v) is 4.99. The van der Waals surface area contributed by atoms with Crippen molar-refractivity contribution in [1.29, 1.82) is 0 Å². The molecule has 6 nitrogen and oxygen atoms in total. The lowest BCUT2D eigenvalue weighted by atomic mass is 9.75. The first kappa shape index (κ1) is 18.8. The summed E-state index contributed by atoms with van der Waals surface area (Å²) in [6.07, 6.45) is 1.63. The van der Waals surface area contributed by atoms with Crippen LogP contribution in [0.4, 0.5) is 11.4 Å². The smallest absolute Gasteiger partial charge is 0.278 e. The minimum absolute atomic E-state index is 0.0407. The molecule has 0 aliphatic carbocycles. The summed E-state index contributed by atoms with van der Waals surface area (Å²) in [6.45, 7) is 4.67. The van der Waals surface area contributed by atoms with E-state index in [0.29, 0.717) is 17.4 Å². The minimum Gasteiger partial charge on any atom is -0.396 e. The summed E-state index contributed by atoms with van der Waals surface area (Å²) in [4.78, 5) is 15.2. The first-order valence-electron chi connectivity index (χ1n) is 8.86. The van der Waals surface area contributed by atoms with Crippen LogP contribution in [-0.2, 0) is 0 Å². The maximum atomic E-state index is 11.3. The van der Waals surface area contributed by atoms with Crippen LogP contribution < -0.4 is 5.32 Å². The second-order valence-corrected chi connectivity index (χ2v) is 7.28. The van der Waals surface area contributed by atoms with E-state index in [1.165, 1.54) is 6.07 Å². The van der Waals surface area contributed by atoms with Crippen molar-refractivity contribution in [3.63, 3.8) is 0 Å². The van der Waals surface area contributed by atoms with Gasteiger partial charge in [-0.1, -0.05) is 44.2 Å². The Labute approximate surface area is 158 Å². The third kappa shape index (κ3) is 3.90. The van der Waals surface area contributed by atoms with Crippen LogP contribution in [0.1, 0.15) is 25.3 Å². The van der Waals surface area contributed by atoms with Crippen LogP contribution in [0.5, 0.6) is 0 Å². The molecule has 0 amide bonds. The number of benzene rings is 2. The van der Waals surface area contributed by atoms with Crippen LogP contribution in [-0.4, -0.2) is 28.2 Å². The normalized spacial score (nSPS) is 12.7. The van der Waals surface area contributed by atoms with Gasteiger partial charge in [0.15, 0.2) is 0 Å². The Morgan fingerprint density at radius 2 is 1.89 bits per heavy atom. The van der Waals surface area contributed by atoms with E-state index >= 15 is 0 Å². The van der Waals surface area contributed by atoms with Gasteiger partial charge in [-0.05, 0) is 29.2 Å². The number of nitrogens with zero attached hydrogens (tertiary/aromatic N) is 2. The number of nitro groups is 1. The van der Waals surface area contributed by atoms with Crippen molar-refractivity contribution in [2.75, 3.05) is 18.5 Å². The van der Waals surface area contributed by atoms with Gasteiger partial charge >= 0.3 is 0 Å². The molecule has 3 rings (SSSR count). The van der Waals surface area contributed by atoms with E-state index in [1.54, 1.807) is 24.4 Å². The first-order valence-corrected chi connectivity index (χ1v) is 8.86. The Morgan fingerprint density at radius 1 is 1.15 bits per heavy atom. The second kappa shape index (κ2) is 7.72. The van der Waals surface area contributed by atoms with Crippen LogP contribution in [0.15, 0.2) is 60.8 Å². The number of nitro benzene ring substituents is 1. The first-order chi connectivity index (χ1) is 12.9. The molecule has 0 saturated carbocycles. The van der Waals surface area contributed by atoms with Gasteiger partial charge in [0.05, 0.1) is 16.0 Å². The van der Waals surface area contributed by atoms with Crippen LogP contribution in [0.25, 0.3) is 10.9 Å². The molecule has 1 unspecified atom stereocenters. The lowest BCUT2D eigenvalue weighted by Gasteiger charge is -2.33. The number of aromatic nitrogens is 1. The third-order valence-electron chi connectivity index (χ3n) is 4.99. The Hall–Kier alpha value is -2.99. The van der Waals surface area contributed by atoms with Crippen LogP contribution in [0, 0.1) is 15.5 Å². The van der Waals surface area contributed by atoms with E-state index in [2.05, 4.69) is 22.4 Å². The molecule has 1 atom stereocenters. The zero-order valence-electron chi connectivity index (χ0n) is 15.4. The van der Waals surface area contributed by atoms with Gasteiger partial charge in [-0.2, -0.15) is 0 Å². The number of non-ortho nitro benzene ring substituents is 1. The molecule has 0 aliphatic rings. The van der Waals surface area contributed by atoms with Gasteiger partial charge in [-0.3, -0.25) is 15.1 Å². The maximum Gasteiger partial charge on any atom is 0.278 e. The number of nitrogens with one attached hydrogen (secondary N) is 1. The summed E-state index contributed by atoms with van der Waals surface area (Å²) in [5.41, 5.74) is 2.15. The lowest BCUT2D eigenvalue weighted by Crippen LogP contribution is -2.31. The summed E-state index contributed by atoms with van der Waals surface area (Å²) in [5, 5.41) is 25.1. The fourth-order valence-electron chi connectivity index (χ4n) is 3.31. The van der Waals surface area contributed by atoms with Crippen molar-refractivity contribution in [3.8, 4) is 0 Å². The molecule has 0 saturated heterocycles. The molecule has 27 heavy (non-hydrogen) atoms. The highest BCUT2D eigenvalue weighted by Crippen LogP contribution is 2.36. The number of fused-ring (bicyclic) bond motifs is 1. The number of hydrogen-bond donors (Lipinski definition) is 2. The van der Waals surface area contributed by atoms with Crippen LogP contribution in [0.2, 0.25) is 0 Å². The van der Waals surface area contributed by atoms with Crippen molar-refractivity contribution < 1.29 is 10.0 Å². The van der Waals surface area contributed by atoms with Gasteiger partial charge in [-0.25, -0.2) is 0 Å². The van der Waals surface area contributed by atoms with E-state index in [1.807, 2.05) is 32.0 Å². The fraction of sp³-hybridized carbons (Fsp3) is 0.286. The predicted octanol–water partition coefficient (Wildman–Crippen LogP) is 4.36. The van der Waals surface area contributed by atoms with Crippen LogP contribution >= 0.6 is 0 Å². The Morgan fingerprint density at radius 3 is 2.56 bits per heavy atom. The topological polar surface area (TPSA) is 88.3 Å². The van der Waals surface area contributed by atoms with Gasteiger partial charge in [-0.15, -0.1) is 0 Å². The molecule has 0 bridgehead atoms. The molecular weight excluding hydrogens is 342 g/mol. The van der Waals surface area contributed by atoms with Gasteiger partial charge in [0.1, 0.15) is 5.52 Å². The largest absolute Gasteiger partial charge is 0.396 e. The molecule has 1 heterocycles. The quantitative estimate of drug-likeness (QED) is 0.480. The molecule has 6 heteroatoms. The van der Waals surface area contributed by atoms with Gasteiger partial charge in [0.2, 0.25) is 0 Å². The van der Waals surface area contributed by atoms with E-state index in [4.69, 9.17) is 0 Å². The highest BCUT2D eigenvalue weighted by atomic mass is 16.6. The number of hydrogen-bond acceptors (Lipinski definition) is 5. The summed E-state index contributed by atoms with van der Waals surface area (Å²) in [5.74, 6) is 0.0534. The SMILES string of the molecule is CC(C)(CO)C(CNc1ccc([N+](=O)[O-])c2cccnc12)c1ccccc1. The van der Waals surface area contributed by atoms with Gasteiger partial charge in [0, 0.05) is 31.3 Å². The molecule has 2 aromatic carbocycles. The lowest BCUT2D eigenvalue weighted by molar-refractivity contribution is -0.383. The van der Waals surface area contributed by atoms with Crippen molar-refractivity contribution >= 4 is 22.3 Å². The molecule has 0 radical (unpaired) electrons. The molecule has 0 spiro atoms. The van der Waals surface area contributed by atoms with Gasteiger partial charge < -0.3 is 10.4 Å². The molecule has 0 fully saturated rings. The average Bonchev–Trinajstić information content (AvgIpc) is 2.68. The van der Waals surface area contributed by atoms with Crippen molar-refractivity contribution in [2.45, 2.75) is 19.8 Å². The zero-order chi connectivity index (χ0) is 19.4. The average molecular weight is 365 g/mol. The van der Waals surface area contributed by atoms with Crippen molar-refractivity contribution in [3.05, 3.63) is 76.5 Å². The van der Waals surface area contributed by atoms with Crippen molar-refractivity contribution in [1.82, 2.24) is 4.98 Å². The Balaban J connectivity index is 1.95. The number of rotatable bonds is 7. The van der Waals surface area contributed by atoms with Crippen LogP contribution in [0.3, 0.4) is 0 Å². The predicted molar refractivity (Wildman–Crippen MR) is 107 cm³/mol. The van der Waals surface area contributed by atoms with Gasteiger partial charge in [0.25, 0.3) is 5.69 Å². The highest BCUT2D eigenvalue weighted by molar-refractivity contribution is 5.96. The van der Waals surface area contributed by atoms with E-state index in [-0.39, 0.29) is 23.6 Å². The molecule has 0 aliphatic heterocycles. The second-order valence-electron chi connectivity index (χ2n) is 7.28. The van der Waals surface area contributed by atoms with E-state index in [9.17, 15) is 15.2 Å². The summed E-state index contributed by atoms with van der Waals surface area (Å²) in [6, 6.07) is 16.6. The monoisotopic (exact) mass is 365 g/mol. The standard InChI is InChI=1S/C21H23N3O3/c1-21(2,14-25)17(15-7-4-3-5-8-15)13-23-18-10-11-19(24(26)27)16-9-6-12-22-20(16)18/h3-12,17,23,25H,13-14H2,1-2H3. The number of pyridine rings is 1. The summed E-state index contributed by atoms with van der Waals surface area (Å²) in [7, 11) is 0. The summed E-state index contributed by atoms with van der Waals surface area (Å²) < 4.78 is 0. The number of aliphatic hydroxyl groups is 1.